The topological polar surface area (TPSA) is 342 Å². The fraction of sp³-hybridized carbons (Fsp3) is 0.533. The number of aliphatic imine (C=N–C) groups is 1. The molecule has 0 saturated carbocycles. The van der Waals surface area contributed by atoms with Crippen molar-refractivity contribution >= 4 is 53.2 Å². The fourth-order valence-electron chi connectivity index (χ4n) is 7.47. The van der Waals surface area contributed by atoms with Crippen molar-refractivity contribution in [3.05, 3.63) is 71.8 Å². The van der Waals surface area contributed by atoms with E-state index in [0.29, 0.717) is 38.6 Å². The minimum absolute atomic E-state index is 0.00123. The van der Waals surface area contributed by atoms with Gasteiger partial charge >= 0.3 is 0 Å². The van der Waals surface area contributed by atoms with E-state index in [4.69, 9.17) is 28.7 Å². The lowest BCUT2D eigenvalue weighted by Gasteiger charge is -2.31. The van der Waals surface area contributed by atoms with Crippen LogP contribution in [-0.2, 0) is 51.2 Å². The van der Waals surface area contributed by atoms with Crippen LogP contribution in [-0.4, -0.2) is 114 Å². The van der Waals surface area contributed by atoms with Crippen LogP contribution >= 0.6 is 0 Å². The molecule has 356 valence electrons. The number of hydrogen-bond donors (Lipinski definition) is 10. The molecular formula is C45H68N12O8. The fourth-order valence-corrected chi connectivity index (χ4v) is 7.47. The van der Waals surface area contributed by atoms with Gasteiger partial charge in [0.2, 0.25) is 47.3 Å². The Balaban J connectivity index is 1.85. The zero-order valence-electron chi connectivity index (χ0n) is 37.5. The Morgan fingerprint density at radius 2 is 1.28 bits per heavy atom. The molecule has 1 fully saturated rings. The van der Waals surface area contributed by atoms with Crippen molar-refractivity contribution in [3.63, 3.8) is 0 Å². The number of nitrogens with two attached hydrogens (primary N) is 5. The van der Waals surface area contributed by atoms with Crippen molar-refractivity contribution < 1.29 is 38.4 Å². The van der Waals surface area contributed by atoms with Crippen LogP contribution in [0.1, 0.15) is 89.2 Å². The van der Waals surface area contributed by atoms with Crippen molar-refractivity contribution in [2.45, 2.75) is 127 Å². The number of rotatable bonds is 28. The summed E-state index contributed by atoms with van der Waals surface area (Å²) in [5.41, 5.74) is 29.0. The van der Waals surface area contributed by atoms with Crippen LogP contribution in [0.3, 0.4) is 0 Å². The Labute approximate surface area is 380 Å². The first-order valence-corrected chi connectivity index (χ1v) is 22.2. The number of nitrogens with zero attached hydrogens (tertiary/aromatic N) is 2. The highest BCUT2D eigenvalue weighted by Crippen LogP contribution is 2.21. The molecule has 8 amide bonds. The first-order chi connectivity index (χ1) is 31.0. The summed E-state index contributed by atoms with van der Waals surface area (Å²) in [6.07, 6.45) is 2.46. The SMILES string of the molecule is CC(C)C[C@H](NC(=O)CCc1ccccc1)C(=O)N[C@@H](Cc1ccccc1)C(=O)N[C@@H](CCCCN)C(=O)N1CCC[C@H]1C(=O)N[C@@H](CCCN=C(N)N)C(=O)N[C@@H](CC(N)=O)C(N)=O. The van der Waals surface area contributed by atoms with Crippen LogP contribution in [0.4, 0.5) is 0 Å². The summed E-state index contributed by atoms with van der Waals surface area (Å²) in [5, 5.41) is 13.6. The third-order valence-electron chi connectivity index (χ3n) is 10.8. The Morgan fingerprint density at radius 3 is 1.88 bits per heavy atom. The second-order valence-corrected chi connectivity index (χ2v) is 16.7. The molecule has 2 aromatic carbocycles. The van der Waals surface area contributed by atoms with E-state index in [1.807, 2.05) is 50.2 Å². The number of aryl methyl sites for hydroxylation is 1. The number of unbranched alkanes of at least 4 members (excludes halogenated alkanes) is 1. The summed E-state index contributed by atoms with van der Waals surface area (Å²) in [6, 6.07) is 11.5. The maximum atomic E-state index is 14.5. The number of guanidine groups is 1. The molecule has 0 unspecified atom stereocenters. The van der Waals surface area contributed by atoms with Crippen molar-refractivity contribution in [1.82, 2.24) is 31.5 Å². The number of benzene rings is 2. The molecule has 1 heterocycles. The monoisotopic (exact) mass is 905 g/mol. The Morgan fingerprint density at radius 1 is 0.692 bits per heavy atom. The van der Waals surface area contributed by atoms with E-state index in [2.05, 4.69) is 31.6 Å². The highest BCUT2D eigenvalue weighted by Gasteiger charge is 2.40. The average Bonchev–Trinajstić information content (AvgIpc) is 3.76. The van der Waals surface area contributed by atoms with Gasteiger partial charge in [-0.05, 0) is 81.4 Å². The largest absolute Gasteiger partial charge is 0.370 e. The van der Waals surface area contributed by atoms with Crippen LogP contribution in [0.5, 0.6) is 0 Å². The van der Waals surface area contributed by atoms with E-state index in [1.165, 1.54) is 4.90 Å². The molecule has 0 aliphatic carbocycles. The minimum atomic E-state index is -1.44. The minimum Gasteiger partial charge on any atom is -0.370 e. The summed E-state index contributed by atoms with van der Waals surface area (Å²) in [6.45, 7) is 4.43. The highest BCUT2D eigenvalue weighted by molar-refractivity contribution is 5.98. The number of carbonyl (C=O) groups excluding carboxylic acids is 8. The van der Waals surface area contributed by atoms with E-state index < -0.39 is 84.0 Å². The normalized spacial score (nSPS) is 15.6. The van der Waals surface area contributed by atoms with Gasteiger partial charge < -0.3 is 60.2 Å². The van der Waals surface area contributed by atoms with Gasteiger partial charge in [0.05, 0.1) is 6.42 Å². The molecule has 0 bridgehead atoms. The van der Waals surface area contributed by atoms with E-state index in [-0.39, 0.29) is 69.4 Å². The van der Waals surface area contributed by atoms with E-state index >= 15 is 0 Å². The summed E-state index contributed by atoms with van der Waals surface area (Å²) in [4.78, 5) is 112. The Bertz CT molecular complexity index is 1930. The molecule has 15 N–H and O–H groups in total. The first kappa shape index (κ1) is 52.8. The van der Waals surface area contributed by atoms with Crippen LogP contribution in [0.15, 0.2) is 65.7 Å². The van der Waals surface area contributed by atoms with Gasteiger partial charge in [-0.3, -0.25) is 43.3 Å². The predicted molar refractivity (Wildman–Crippen MR) is 245 cm³/mol. The third-order valence-corrected chi connectivity index (χ3v) is 10.8. The van der Waals surface area contributed by atoms with Crippen molar-refractivity contribution in [2.24, 2.45) is 39.6 Å². The van der Waals surface area contributed by atoms with Crippen LogP contribution in [0.25, 0.3) is 0 Å². The van der Waals surface area contributed by atoms with Crippen LogP contribution in [0, 0.1) is 5.92 Å². The van der Waals surface area contributed by atoms with Crippen molar-refractivity contribution in [1.29, 1.82) is 0 Å². The van der Waals surface area contributed by atoms with E-state index in [1.54, 1.807) is 24.3 Å². The van der Waals surface area contributed by atoms with Crippen molar-refractivity contribution in [2.75, 3.05) is 19.6 Å². The summed E-state index contributed by atoms with van der Waals surface area (Å²) in [5.74, 6) is -5.64. The van der Waals surface area contributed by atoms with Gasteiger partial charge in [-0.2, -0.15) is 0 Å². The molecule has 1 saturated heterocycles. The molecule has 20 heteroatoms. The molecular weight excluding hydrogens is 837 g/mol. The number of likely N-dealkylation sites (tertiary alicyclic amines) is 1. The van der Waals surface area contributed by atoms with Gasteiger partial charge in [-0.25, -0.2) is 0 Å². The van der Waals surface area contributed by atoms with E-state index in [9.17, 15) is 38.4 Å². The van der Waals surface area contributed by atoms with Gasteiger partial charge in [0.25, 0.3) is 0 Å². The highest BCUT2D eigenvalue weighted by atomic mass is 16.2. The molecule has 20 nitrogen and oxygen atoms in total. The lowest BCUT2D eigenvalue weighted by atomic mass is 10.00. The number of amides is 8. The second kappa shape index (κ2) is 27.6. The van der Waals surface area contributed by atoms with E-state index in [0.717, 1.165) is 11.1 Å². The quantitative estimate of drug-likeness (QED) is 0.0277. The number of primary amides is 2. The molecule has 3 rings (SSSR count). The maximum absolute atomic E-state index is 14.5. The lowest BCUT2D eigenvalue weighted by molar-refractivity contribution is -0.142. The Kier molecular flexibility index (Phi) is 22.4. The lowest BCUT2D eigenvalue weighted by Crippen LogP contribution is -2.59. The number of carbonyl (C=O) groups is 8. The van der Waals surface area contributed by atoms with Crippen LogP contribution < -0.4 is 55.3 Å². The molecule has 65 heavy (non-hydrogen) atoms. The number of nitrogens with one attached hydrogen (secondary N) is 5. The molecule has 0 spiro atoms. The molecule has 0 radical (unpaired) electrons. The standard InChI is InChI=1S/C45H68N12O8/c1-28(2)25-34(52-38(59)21-20-29-13-5-3-6-14-29)41(62)56-35(26-30-15-7-4-8-16-30)42(63)54-32(17-9-10-22-46)44(65)57-24-12-19-36(57)43(64)53-31(18-11-23-51-45(49)50)40(61)55-33(39(48)60)27-37(47)58/h3-8,13-16,28,31-36H,9-12,17-27,46H2,1-2H3,(H2,47,58)(H2,48,60)(H,52,59)(H,53,64)(H,54,63)(H,55,61)(H,56,62)(H4,49,50,51)/t31-,32-,33-,34-,35-,36-/m0/s1. The zero-order chi connectivity index (χ0) is 47.9. The van der Waals surface area contributed by atoms with Crippen LogP contribution in [0.2, 0.25) is 0 Å². The van der Waals surface area contributed by atoms with Gasteiger partial charge in [-0.15, -0.1) is 0 Å². The average molecular weight is 905 g/mol. The molecule has 1 aliphatic rings. The Hall–Kier alpha value is -6.57. The first-order valence-electron chi connectivity index (χ1n) is 22.2. The van der Waals surface area contributed by atoms with Gasteiger partial charge in [0, 0.05) is 25.9 Å². The second-order valence-electron chi connectivity index (χ2n) is 16.7. The summed E-state index contributed by atoms with van der Waals surface area (Å²) in [7, 11) is 0. The third kappa shape index (κ3) is 19.0. The molecule has 6 atom stereocenters. The molecule has 2 aromatic rings. The zero-order valence-corrected chi connectivity index (χ0v) is 37.5. The van der Waals surface area contributed by atoms with Crippen molar-refractivity contribution in [3.8, 4) is 0 Å². The predicted octanol–water partition coefficient (Wildman–Crippen LogP) is -1.13. The van der Waals surface area contributed by atoms with Gasteiger partial charge in [0.1, 0.15) is 36.3 Å². The summed E-state index contributed by atoms with van der Waals surface area (Å²) < 4.78 is 0. The van der Waals surface area contributed by atoms with Gasteiger partial charge in [-0.1, -0.05) is 74.5 Å². The van der Waals surface area contributed by atoms with Gasteiger partial charge in [0.15, 0.2) is 5.96 Å². The summed E-state index contributed by atoms with van der Waals surface area (Å²) >= 11 is 0. The number of hydrogen-bond acceptors (Lipinski definition) is 10. The molecule has 1 aliphatic heterocycles. The maximum Gasteiger partial charge on any atom is 0.245 e. The molecule has 0 aromatic heterocycles. The smallest absolute Gasteiger partial charge is 0.245 e.